The molecule has 0 aliphatic heterocycles. The second kappa shape index (κ2) is 11.3. The molecule has 0 spiro atoms. The number of unbranched alkanes of at least 4 members (excludes halogenated alkanes) is 6. The van der Waals surface area contributed by atoms with Crippen molar-refractivity contribution in [2.24, 2.45) is 0 Å². The standard InChI is InChI=1S/C18H40ClP/c1-5-9-12-16-20(19,15-8-4,17-13-10-6-2)18-14-11-7-3/h5-18H2,1-4H3. The van der Waals surface area contributed by atoms with Gasteiger partial charge in [0.15, 0.2) is 0 Å². The minimum atomic E-state index is -1.92. The average Bonchev–Trinajstić information content (AvgIpc) is 2.40. The fraction of sp³-hybridized carbons (Fsp3) is 1.00. The van der Waals surface area contributed by atoms with Gasteiger partial charge in [-0.15, -0.1) is 0 Å². The van der Waals surface area contributed by atoms with Crippen LogP contribution in [0.25, 0.3) is 0 Å². The first-order chi connectivity index (χ1) is 9.54. The van der Waals surface area contributed by atoms with Crippen LogP contribution < -0.4 is 0 Å². The molecular formula is C18H40ClP. The van der Waals surface area contributed by atoms with Gasteiger partial charge in [0.25, 0.3) is 0 Å². The van der Waals surface area contributed by atoms with E-state index >= 15 is 0 Å². The Bertz CT molecular complexity index is 198. The monoisotopic (exact) mass is 322 g/mol. The van der Waals surface area contributed by atoms with E-state index < -0.39 is 5.96 Å². The van der Waals surface area contributed by atoms with Gasteiger partial charge in [-0.1, -0.05) is 0 Å². The molecular weight excluding hydrogens is 283 g/mol. The van der Waals surface area contributed by atoms with Gasteiger partial charge in [-0.25, -0.2) is 0 Å². The van der Waals surface area contributed by atoms with Crippen LogP contribution in [0.5, 0.6) is 0 Å². The third kappa shape index (κ3) is 8.23. The van der Waals surface area contributed by atoms with E-state index in [1.165, 1.54) is 88.9 Å². The van der Waals surface area contributed by atoms with Gasteiger partial charge in [-0.3, -0.25) is 0 Å². The molecule has 0 saturated heterocycles. The third-order valence-electron chi connectivity index (χ3n) is 4.74. The Hall–Kier alpha value is 0.720. The maximum atomic E-state index is 7.54. The van der Waals surface area contributed by atoms with E-state index in [2.05, 4.69) is 27.7 Å². The van der Waals surface area contributed by atoms with E-state index in [0.29, 0.717) is 0 Å². The topological polar surface area (TPSA) is 0 Å². The summed E-state index contributed by atoms with van der Waals surface area (Å²) in [7, 11) is 0. The van der Waals surface area contributed by atoms with E-state index in [-0.39, 0.29) is 0 Å². The Morgan fingerprint density at radius 2 is 0.850 bits per heavy atom. The van der Waals surface area contributed by atoms with Crippen molar-refractivity contribution in [2.45, 2.75) is 91.9 Å². The van der Waals surface area contributed by atoms with E-state index in [1.807, 2.05) is 0 Å². The molecule has 0 aromatic rings. The molecule has 0 aromatic carbocycles. The van der Waals surface area contributed by atoms with E-state index in [0.717, 1.165) is 0 Å². The molecule has 0 atom stereocenters. The van der Waals surface area contributed by atoms with Gasteiger partial charge in [-0.2, -0.15) is 0 Å². The Morgan fingerprint density at radius 1 is 0.500 bits per heavy atom. The van der Waals surface area contributed by atoms with Gasteiger partial charge >= 0.3 is 134 Å². The molecule has 0 heterocycles. The Balaban J connectivity index is 4.76. The molecule has 0 aliphatic carbocycles. The first-order valence-corrected chi connectivity index (χ1v) is 13.1. The first-order valence-electron chi connectivity index (χ1n) is 9.26. The van der Waals surface area contributed by atoms with Crippen LogP contribution in [0.2, 0.25) is 0 Å². The van der Waals surface area contributed by atoms with Crippen LogP contribution in [0.4, 0.5) is 0 Å². The Kier molecular flexibility index (Phi) is 11.7. The van der Waals surface area contributed by atoms with Crippen molar-refractivity contribution in [3.8, 4) is 0 Å². The number of hydrogen-bond acceptors (Lipinski definition) is 0. The fourth-order valence-electron chi connectivity index (χ4n) is 3.50. The summed E-state index contributed by atoms with van der Waals surface area (Å²) in [5.74, 6) is -1.92. The Labute approximate surface area is 134 Å². The van der Waals surface area contributed by atoms with Gasteiger partial charge in [0.05, 0.1) is 0 Å². The van der Waals surface area contributed by atoms with Gasteiger partial charge < -0.3 is 0 Å². The molecule has 0 bridgehead atoms. The maximum absolute atomic E-state index is 7.54. The summed E-state index contributed by atoms with van der Waals surface area (Å²) in [6.45, 7) is 9.24. The zero-order chi connectivity index (χ0) is 15.3. The SMILES string of the molecule is CCCCCP(Cl)(CCC)(CCCCC)CCCCC. The molecule has 20 heavy (non-hydrogen) atoms. The molecule has 0 rings (SSSR count). The summed E-state index contributed by atoms with van der Waals surface area (Å²) in [6.07, 6.45) is 18.9. The van der Waals surface area contributed by atoms with E-state index in [1.54, 1.807) is 0 Å². The molecule has 2 heteroatoms. The molecule has 0 aliphatic rings. The van der Waals surface area contributed by atoms with Crippen molar-refractivity contribution in [1.82, 2.24) is 0 Å². The summed E-state index contributed by atoms with van der Waals surface area (Å²) in [4.78, 5) is 0. The summed E-state index contributed by atoms with van der Waals surface area (Å²) in [6, 6.07) is 0. The van der Waals surface area contributed by atoms with Crippen LogP contribution >= 0.6 is 17.2 Å². The van der Waals surface area contributed by atoms with Gasteiger partial charge in [0.2, 0.25) is 0 Å². The zero-order valence-electron chi connectivity index (χ0n) is 14.7. The van der Waals surface area contributed by atoms with Crippen LogP contribution in [-0.4, -0.2) is 24.6 Å². The first kappa shape index (κ1) is 20.7. The van der Waals surface area contributed by atoms with Crippen LogP contribution in [0.1, 0.15) is 91.9 Å². The van der Waals surface area contributed by atoms with E-state index in [4.69, 9.17) is 11.2 Å². The fourth-order valence-corrected chi connectivity index (χ4v) is 10.6. The van der Waals surface area contributed by atoms with Gasteiger partial charge in [0.1, 0.15) is 0 Å². The van der Waals surface area contributed by atoms with Crippen molar-refractivity contribution < 1.29 is 0 Å². The average molecular weight is 323 g/mol. The van der Waals surface area contributed by atoms with Crippen LogP contribution in [0.3, 0.4) is 0 Å². The second-order valence-electron chi connectivity index (χ2n) is 6.84. The van der Waals surface area contributed by atoms with Gasteiger partial charge in [-0.05, 0) is 0 Å². The molecule has 124 valence electrons. The molecule has 0 aromatic heterocycles. The summed E-state index contributed by atoms with van der Waals surface area (Å²) in [5.41, 5.74) is 0. The van der Waals surface area contributed by atoms with Crippen molar-refractivity contribution in [3.05, 3.63) is 0 Å². The molecule has 0 radical (unpaired) electrons. The molecule has 0 N–H and O–H groups in total. The van der Waals surface area contributed by atoms with Crippen molar-refractivity contribution in [3.63, 3.8) is 0 Å². The van der Waals surface area contributed by atoms with Crippen molar-refractivity contribution >= 4 is 17.2 Å². The zero-order valence-corrected chi connectivity index (χ0v) is 16.4. The Morgan fingerprint density at radius 3 is 1.10 bits per heavy atom. The van der Waals surface area contributed by atoms with Crippen LogP contribution in [-0.2, 0) is 0 Å². The molecule has 0 nitrogen and oxygen atoms in total. The molecule has 0 saturated carbocycles. The summed E-state index contributed by atoms with van der Waals surface area (Å²) in [5, 5.41) is 0. The third-order valence-corrected chi connectivity index (χ3v) is 12.6. The molecule has 0 fully saturated rings. The molecule has 0 amide bonds. The number of halogens is 1. The normalized spacial score (nSPS) is 14.2. The minimum absolute atomic E-state index is 1.28. The van der Waals surface area contributed by atoms with Crippen molar-refractivity contribution in [2.75, 3.05) is 24.6 Å². The second-order valence-corrected chi connectivity index (χ2v) is 15.1. The quantitative estimate of drug-likeness (QED) is 0.227. The predicted octanol–water partition coefficient (Wildman–Crippen LogP) is 7.67. The predicted molar refractivity (Wildman–Crippen MR) is 101 cm³/mol. The summed E-state index contributed by atoms with van der Waals surface area (Å²) >= 11 is 7.54. The number of hydrogen-bond donors (Lipinski definition) is 0. The summed E-state index contributed by atoms with van der Waals surface area (Å²) < 4.78 is 0. The molecule has 0 unspecified atom stereocenters. The van der Waals surface area contributed by atoms with Crippen molar-refractivity contribution in [1.29, 1.82) is 0 Å². The number of rotatable bonds is 14. The van der Waals surface area contributed by atoms with Crippen LogP contribution in [0, 0.1) is 0 Å². The van der Waals surface area contributed by atoms with Crippen LogP contribution in [0.15, 0.2) is 0 Å². The van der Waals surface area contributed by atoms with E-state index in [9.17, 15) is 0 Å². The van der Waals surface area contributed by atoms with Gasteiger partial charge in [0, 0.05) is 0 Å².